The van der Waals surface area contributed by atoms with E-state index in [9.17, 15) is 9.59 Å². The van der Waals surface area contributed by atoms with Crippen LogP contribution in [0.3, 0.4) is 0 Å². The van der Waals surface area contributed by atoms with Crippen molar-refractivity contribution in [3.63, 3.8) is 0 Å². The molecule has 4 heteroatoms. The molecule has 0 saturated heterocycles. The Kier molecular flexibility index (Phi) is 6.05. The Labute approximate surface area is 181 Å². The maximum Gasteiger partial charge on any atom is 0.236 e. The molecule has 4 rings (SSSR count). The van der Waals surface area contributed by atoms with Crippen LogP contribution < -0.4 is 5.32 Å². The van der Waals surface area contributed by atoms with Crippen molar-refractivity contribution in [3.05, 3.63) is 94.5 Å². The summed E-state index contributed by atoms with van der Waals surface area (Å²) in [7, 11) is 0. The lowest BCUT2D eigenvalue weighted by Gasteiger charge is -2.22. The SMILES string of the molecule is Cc1ccc(CCc2ccc(NC(=O)C3CSc4ccccc4C3=O)cc2)cc1C. The highest BCUT2D eigenvalue weighted by Crippen LogP contribution is 2.33. The quantitative estimate of drug-likeness (QED) is 0.549. The molecule has 0 aromatic heterocycles. The fraction of sp³-hybridized carbons (Fsp3) is 0.231. The van der Waals surface area contributed by atoms with Crippen LogP contribution in [-0.2, 0) is 17.6 Å². The summed E-state index contributed by atoms with van der Waals surface area (Å²) >= 11 is 1.57. The average molecular weight is 416 g/mol. The Morgan fingerprint density at radius 3 is 2.40 bits per heavy atom. The average Bonchev–Trinajstić information content (AvgIpc) is 2.76. The highest BCUT2D eigenvalue weighted by Gasteiger charge is 2.33. The normalized spacial score (nSPS) is 15.5. The predicted molar refractivity (Wildman–Crippen MR) is 123 cm³/mol. The van der Waals surface area contributed by atoms with Gasteiger partial charge in [0.1, 0.15) is 5.92 Å². The lowest BCUT2D eigenvalue weighted by Crippen LogP contribution is -2.34. The highest BCUT2D eigenvalue weighted by molar-refractivity contribution is 7.99. The number of anilines is 1. The first-order valence-corrected chi connectivity index (χ1v) is 11.2. The summed E-state index contributed by atoms with van der Waals surface area (Å²) in [6.45, 7) is 4.27. The maximum atomic E-state index is 12.7. The van der Waals surface area contributed by atoms with Gasteiger partial charge in [-0.3, -0.25) is 9.59 Å². The van der Waals surface area contributed by atoms with Crippen LogP contribution in [0.15, 0.2) is 71.6 Å². The van der Waals surface area contributed by atoms with Gasteiger partial charge in [-0.1, -0.05) is 48.5 Å². The highest BCUT2D eigenvalue weighted by atomic mass is 32.2. The molecule has 0 radical (unpaired) electrons. The van der Waals surface area contributed by atoms with Crippen molar-refractivity contribution in [1.82, 2.24) is 0 Å². The molecule has 1 heterocycles. The van der Waals surface area contributed by atoms with Crippen LogP contribution in [0.5, 0.6) is 0 Å². The number of rotatable bonds is 5. The fourth-order valence-corrected chi connectivity index (χ4v) is 4.81. The van der Waals surface area contributed by atoms with Crippen LogP contribution in [0.2, 0.25) is 0 Å². The molecule has 0 bridgehead atoms. The zero-order valence-electron chi connectivity index (χ0n) is 17.3. The summed E-state index contributed by atoms with van der Waals surface area (Å²) in [6, 6.07) is 22.0. The first kappa shape index (κ1) is 20.4. The third-order valence-corrected chi connectivity index (χ3v) is 6.85. The van der Waals surface area contributed by atoms with Crippen molar-refractivity contribution in [2.45, 2.75) is 31.6 Å². The second-order valence-corrected chi connectivity index (χ2v) is 8.89. The maximum absolute atomic E-state index is 12.7. The molecule has 0 fully saturated rings. The number of nitrogens with one attached hydrogen (secondary N) is 1. The van der Waals surface area contributed by atoms with Gasteiger partial charge < -0.3 is 5.32 Å². The fourth-order valence-electron chi connectivity index (χ4n) is 3.66. The zero-order chi connectivity index (χ0) is 21.1. The molecule has 1 unspecified atom stereocenters. The van der Waals surface area contributed by atoms with E-state index in [0.29, 0.717) is 11.3 Å². The van der Waals surface area contributed by atoms with Gasteiger partial charge in [0, 0.05) is 21.9 Å². The van der Waals surface area contributed by atoms with Gasteiger partial charge in [0.05, 0.1) is 0 Å². The van der Waals surface area contributed by atoms with E-state index in [1.165, 1.54) is 22.3 Å². The first-order valence-electron chi connectivity index (χ1n) is 10.2. The monoisotopic (exact) mass is 415 g/mol. The Bertz CT molecular complexity index is 1090. The van der Waals surface area contributed by atoms with Gasteiger partial charge in [0.25, 0.3) is 0 Å². The van der Waals surface area contributed by atoms with Gasteiger partial charge in [0.15, 0.2) is 5.78 Å². The summed E-state index contributed by atoms with van der Waals surface area (Å²) in [5.74, 6) is -0.485. The van der Waals surface area contributed by atoms with Crippen LogP contribution in [0.1, 0.15) is 32.6 Å². The van der Waals surface area contributed by atoms with E-state index in [1.54, 1.807) is 17.8 Å². The van der Waals surface area contributed by atoms with Crippen molar-refractivity contribution in [2.24, 2.45) is 5.92 Å². The van der Waals surface area contributed by atoms with Crippen LogP contribution in [0.25, 0.3) is 0 Å². The van der Waals surface area contributed by atoms with Crippen molar-refractivity contribution in [1.29, 1.82) is 0 Å². The lowest BCUT2D eigenvalue weighted by molar-refractivity contribution is -0.118. The van der Waals surface area contributed by atoms with Crippen LogP contribution in [0, 0.1) is 19.8 Å². The Hall–Kier alpha value is -2.85. The lowest BCUT2D eigenvalue weighted by atomic mass is 9.97. The molecule has 1 amide bonds. The van der Waals surface area contributed by atoms with E-state index < -0.39 is 5.92 Å². The Morgan fingerprint density at radius 2 is 1.63 bits per heavy atom. The molecule has 0 spiro atoms. The van der Waals surface area contributed by atoms with Crippen molar-refractivity contribution in [3.8, 4) is 0 Å². The van der Waals surface area contributed by atoms with E-state index in [4.69, 9.17) is 0 Å². The minimum absolute atomic E-state index is 0.0909. The van der Waals surface area contributed by atoms with Crippen LogP contribution in [0.4, 0.5) is 5.69 Å². The third kappa shape index (κ3) is 4.49. The third-order valence-electron chi connectivity index (χ3n) is 5.69. The molecule has 1 aliphatic heterocycles. The molecule has 30 heavy (non-hydrogen) atoms. The van der Waals surface area contributed by atoms with E-state index in [1.807, 2.05) is 42.5 Å². The molecule has 1 N–H and O–H groups in total. The number of ketones is 1. The number of thioether (sulfide) groups is 1. The second-order valence-electron chi connectivity index (χ2n) is 7.83. The van der Waals surface area contributed by atoms with Gasteiger partial charge in [-0.25, -0.2) is 0 Å². The number of benzene rings is 3. The van der Waals surface area contributed by atoms with E-state index in [2.05, 4.69) is 37.4 Å². The number of hydrogen-bond donors (Lipinski definition) is 1. The first-order chi connectivity index (χ1) is 14.5. The van der Waals surface area contributed by atoms with Crippen LogP contribution in [-0.4, -0.2) is 17.4 Å². The summed E-state index contributed by atoms with van der Waals surface area (Å²) in [5.41, 5.74) is 6.58. The Morgan fingerprint density at radius 1 is 0.933 bits per heavy atom. The second kappa shape index (κ2) is 8.88. The van der Waals surface area contributed by atoms with Crippen molar-refractivity contribution < 1.29 is 9.59 Å². The molecule has 3 nitrogen and oxygen atoms in total. The molecular weight excluding hydrogens is 390 g/mol. The summed E-state index contributed by atoms with van der Waals surface area (Å²) in [6.07, 6.45) is 1.94. The van der Waals surface area contributed by atoms with Gasteiger partial charge >= 0.3 is 0 Å². The number of aryl methyl sites for hydroxylation is 4. The molecule has 0 aliphatic carbocycles. The largest absolute Gasteiger partial charge is 0.325 e. The van der Waals surface area contributed by atoms with E-state index in [-0.39, 0.29) is 11.7 Å². The molecule has 1 atom stereocenters. The minimum atomic E-state index is -0.644. The number of fused-ring (bicyclic) bond motifs is 1. The van der Waals surface area contributed by atoms with Gasteiger partial charge in [0.2, 0.25) is 5.91 Å². The molecule has 3 aromatic rings. The van der Waals surface area contributed by atoms with Crippen molar-refractivity contribution in [2.75, 3.05) is 11.1 Å². The van der Waals surface area contributed by atoms with E-state index in [0.717, 1.165) is 23.4 Å². The smallest absolute Gasteiger partial charge is 0.236 e. The number of amides is 1. The molecular formula is C26H25NO2S. The number of carbonyl (C=O) groups is 2. The molecule has 152 valence electrons. The number of hydrogen-bond acceptors (Lipinski definition) is 3. The summed E-state index contributed by atoms with van der Waals surface area (Å²) < 4.78 is 0. The van der Waals surface area contributed by atoms with E-state index >= 15 is 0 Å². The predicted octanol–water partition coefficient (Wildman–Crippen LogP) is 5.63. The Balaban J connectivity index is 1.36. The number of carbonyl (C=O) groups excluding carboxylic acids is 2. The topological polar surface area (TPSA) is 46.2 Å². The summed E-state index contributed by atoms with van der Waals surface area (Å²) in [5, 5.41) is 2.91. The van der Waals surface area contributed by atoms with Crippen molar-refractivity contribution >= 4 is 29.1 Å². The molecule has 3 aromatic carbocycles. The van der Waals surface area contributed by atoms with Gasteiger partial charge in [-0.15, -0.1) is 11.8 Å². The van der Waals surface area contributed by atoms with Crippen LogP contribution >= 0.6 is 11.8 Å². The molecule has 1 aliphatic rings. The molecule has 0 saturated carbocycles. The minimum Gasteiger partial charge on any atom is -0.325 e. The number of Topliss-reactive ketones (excluding diaryl/α,β-unsaturated/α-hetero) is 1. The standard InChI is InChI=1S/C26H25NO2S/c1-17-7-8-20(15-18(17)2)10-9-19-11-13-21(14-12-19)27-26(29)23-16-30-24-6-4-3-5-22(24)25(23)28/h3-8,11-15,23H,9-10,16H2,1-2H3,(H,27,29). The van der Waals surface area contributed by atoms with Gasteiger partial charge in [-0.05, 0) is 67.1 Å². The zero-order valence-corrected chi connectivity index (χ0v) is 18.1. The van der Waals surface area contributed by atoms with Gasteiger partial charge in [-0.2, -0.15) is 0 Å². The summed E-state index contributed by atoms with van der Waals surface area (Å²) in [4.78, 5) is 26.3.